The second kappa shape index (κ2) is 11.1. The summed E-state index contributed by atoms with van der Waals surface area (Å²) >= 11 is 0. The maximum atomic E-state index is 12.7. The first-order valence-electron chi connectivity index (χ1n) is 10.5. The van der Waals surface area contributed by atoms with Gasteiger partial charge in [0.2, 0.25) is 17.7 Å². The number of hydrogen-bond acceptors (Lipinski definition) is 3. The number of hydrogen-bond donors (Lipinski definition) is 0. The first-order valence-corrected chi connectivity index (χ1v) is 10.5. The second-order valence-electron chi connectivity index (χ2n) is 8.52. The van der Waals surface area contributed by atoms with E-state index in [0.717, 1.165) is 37.0 Å². The Hall–Kier alpha value is -1.97. The highest BCUT2D eigenvalue weighted by molar-refractivity contribution is 6.15. The van der Waals surface area contributed by atoms with Crippen LogP contribution in [0.25, 0.3) is 0 Å². The van der Waals surface area contributed by atoms with Crippen molar-refractivity contribution in [2.75, 3.05) is 0 Å². The summed E-state index contributed by atoms with van der Waals surface area (Å²) in [6.07, 6.45) is 15.2. The van der Waals surface area contributed by atoms with Gasteiger partial charge in [-0.1, -0.05) is 64.5 Å². The minimum atomic E-state index is -0.486. The molecule has 1 rings (SSSR count). The summed E-state index contributed by atoms with van der Waals surface area (Å²) in [4.78, 5) is 37.4. The predicted molar refractivity (Wildman–Crippen MR) is 114 cm³/mol. The Morgan fingerprint density at radius 1 is 1.25 bits per heavy atom. The molecule has 0 bridgehead atoms. The van der Waals surface area contributed by atoms with Crippen LogP contribution in [0.15, 0.2) is 37.0 Å². The van der Waals surface area contributed by atoms with Gasteiger partial charge in [-0.05, 0) is 42.9 Å². The molecule has 0 aromatic rings. The molecule has 1 heterocycles. The van der Waals surface area contributed by atoms with Crippen LogP contribution in [-0.2, 0) is 14.4 Å². The number of carbonyl (C=O) groups is 3. The summed E-state index contributed by atoms with van der Waals surface area (Å²) in [6.45, 7) is 14.0. The Morgan fingerprint density at radius 3 is 2.43 bits per heavy atom. The van der Waals surface area contributed by atoms with Gasteiger partial charge in [-0.15, -0.1) is 6.58 Å². The number of rotatable bonds is 11. The highest BCUT2D eigenvalue weighted by Gasteiger charge is 2.43. The maximum absolute atomic E-state index is 12.7. The summed E-state index contributed by atoms with van der Waals surface area (Å²) in [5.74, 6) is -1.51. The molecular formula is C24H37NO3. The molecule has 156 valence electrons. The molecule has 28 heavy (non-hydrogen) atoms. The van der Waals surface area contributed by atoms with Gasteiger partial charge in [0.25, 0.3) is 0 Å². The minimum absolute atomic E-state index is 0.0607. The van der Waals surface area contributed by atoms with Gasteiger partial charge in [0.1, 0.15) is 0 Å². The van der Waals surface area contributed by atoms with E-state index in [2.05, 4.69) is 58.6 Å². The molecule has 1 fully saturated rings. The van der Waals surface area contributed by atoms with Crippen molar-refractivity contribution in [1.82, 2.24) is 4.90 Å². The maximum Gasteiger partial charge on any atom is 0.240 e. The molecule has 3 amide bonds. The molecule has 0 aromatic heterocycles. The lowest BCUT2D eigenvalue weighted by Crippen LogP contribution is -2.35. The van der Waals surface area contributed by atoms with Gasteiger partial charge in [0, 0.05) is 13.3 Å². The van der Waals surface area contributed by atoms with Crippen LogP contribution in [-0.4, -0.2) is 22.6 Å². The van der Waals surface area contributed by atoms with Crippen molar-refractivity contribution < 1.29 is 14.4 Å². The zero-order valence-corrected chi connectivity index (χ0v) is 18.2. The summed E-state index contributed by atoms with van der Waals surface area (Å²) in [7, 11) is 0. The van der Waals surface area contributed by atoms with Gasteiger partial charge >= 0.3 is 0 Å². The lowest BCUT2D eigenvalue weighted by molar-refractivity contribution is -0.149. The van der Waals surface area contributed by atoms with E-state index in [1.807, 2.05) is 6.08 Å². The van der Waals surface area contributed by atoms with E-state index in [0.29, 0.717) is 0 Å². The van der Waals surface area contributed by atoms with Crippen LogP contribution in [0.2, 0.25) is 0 Å². The number of carbonyl (C=O) groups excluding carboxylic acids is 3. The number of imide groups is 3. The van der Waals surface area contributed by atoms with Crippen LogP contribution < -0.4 is 0 Å². The van der Waals surface area contributed by atoms with Gasteiger partial charge in [-0.2, -0.15) is 0 Å². The monoisotopic (exact) mass is 387 g/mol. The lowest BCUT2D eigenvalue weighted by atomic mass is 9.79. The molecule has 0 N–H and O–H groups in total. The molecule has 3 unspecified atom stereocenters. The van der Waals surface area contributed by atoms with E-state index >= 15 is 0 Å². The summed E-state index contributed by atoms with van der Waals surface area (Å²) in [5.41, 5.74) is 0.215. The molecule has 0 saturated carbocycles. The van der Waals surface area contributed by atoms with Crippen molar-refractivity contribution in [3.8, 4) is 0 Å². The molecule has 1 aliphatic rings. The Morgan fingerprint density at radius 2 is 1.93 bits per heavy atom. The number of likely N-dealkylation sites (tertiary alicyclic amines) is 1. The Labute approximate surface area is 170 Å². The number of nitrogens with zero attached hydrogens (tertiary/aromatic N) is 1. The molecule has 3 atom stereocenters. The van der Waals surface area contributed by atoms with E-state index in [1.165, 1.54) is 6.92 Å². The summed E-state index contributed by atoms with van der Waals surface area (Å²) in [5, 5.41) is 0. The third-order valence-corrected chi connectivity index (χ3v) is 5.74. The molecule has 0 radical (unpaired) electrons. The fraction of sp³-hybridized carbons (Fsp3) is 0.625. The second-order valence-corrected chi connectivity index (χ2v) is 8.52. The van der Waals surface area contributed by atoms with Crippen LogP contribution in [0.5, 0.6) is 0 Å². The smallest absolute Gasteiger partial charge is 0.240 e. The van der Waals surface area contributed by atoms with Crippen molar-refractivity contribution in [3.63, 3.8) is 0 Å². The average molecular weight is 388 g/mol. The van der Waals surface area contributed by atoms with Crippen LogP contribution in [0.3, 0.4) is 0 Å². The number of amides is 3. The number of allylic oxidation sites excluding steroid dienone is 5. The average Bonchev–Trinajstić information content (AvgIpc) is 2.94. The standard InChI is InChI=1S/C24H37NO3/c1-7-10-11-12-13-20(15-14-19(8-2)17-24(5,6)9-3)21-16-22(27)25(18(4)26)23(21)28/h8,10-11,14-15,19-21H,2,7,9,12-13,16-17H2,1,3-6H3/b11-10+,15-14+. The predicted octanol–water partition coefficient (Wildman–Crippen LogP) is 5.46. The molecule has 0 aromatic carbocycles. The highest BCUT2D eigenvalue weighted by atomic mass is 16.2. The van der Waals surface area contributed by atoms with Crippen molar-refractivity contribution in [1.29, 1.82) is 0 Å². The van der Waals surface area contributed by atoms with Crippen molar-refractivity contribution in [3.05, 3.63) is 37.0 Å². The summed E-state index contributed by atoms with van der Waals surface area (Å²) < 4.78 is 0. The highest BCUT2D eigenvalue weighted by Crippen LogP contribution is 2.33. The third-order valence-electron chi connectivity index (χ3n) is 5.74. The largest absolute Gasteiger partial charge is 0.274 e. The van der Waals surface area contributed by atoms with E-state index < -0.39 is 11.8 Å². The van der Waals surface area contributed by atoms with E-state index in [1.54, 1.807) is 0 Å². The van der Waals surface area contributed by atoms with E-state index in [4.69, 9.17) is 0 Å². The quantitative estimate of drug-likeness (QED) is 0.350. The topological polar surface area (TPSA) is 54.5 Å². The van der Waals surface area contributed by atoms with Crippen LogP contribution in [0.4, 0.5) is 0 Å². The Bertz CT molecular complexity index is 630. The molecule has 1 aliphatic heterocycles. The zero-order chi connectivity index (χ0) is 21.3. The first-order chi connectivity index (χ1) is 13.2. The van der Waals surface area contributed by atoms with Gasteiger partial charge in [0.15, 0.2) is 0 Å². The first kappa shape index (κ1) is 24.1. The fourth-order valence-electron chi connectivity index (χ4n) is 3.62. The molecule has 4 heteroatoms. The van der Waals surface area contributed by atoms with Crippen LogP contribution >= 0.6 is 0 Å². The van der Waals surface area contributed by atoms with E-state index in [9.17, 15) is 14.4 Å². The lowest BCUT2D eigenvalue weighted by Gasteiger charge is -2.26. The van der Waals surface area contributed by atoms with Crippen LogP contribution in [0, 0.1) is 23.2 Å². The minimum Gasteiger partial charge on any atom is -0.274 e. The Kier molecular flexibility index (Phi) is 9.57. The molecule has 0 aliphatic carbocycles. The van der Waals surface area contributed by atoms with E-state index in [-0.39, 0.29) is 35.5 Å². The van der Waals surface area contributed by atoms with Crippen molar-refractivity contribution in [2.45, 2.75) is 73.1 Å². The normalized spacial score (nSPS) is 20.3. The fourth-order valence-corrected chi connectivity index (χ4v) is 3.62. The third kappa shape index (κ3) is 6.88. The van der Waals surface area contributed by atoms with Crippen LogP contribution in [0.1, 0.15) is 73.1 Å². The molecule has 1 saturated heterocycles. The molecule has 0 spiro atoms. The molecular weight excluding hydrogens is 350 g/mol. The molecule has 4 nitrogen and oxygen atoms in total. The van der Waals surface area contributed by atoms with Crippen molar-refractivity contribution >= 4 is 17.7 Å². The van der Waals surface area contributed by atoms with Gasteiger partial charge in [0.05, 0.1) is 5.92 Å². The van der Waals surface area contributed by atoms with Crippen molar-refractivity contribution in [2.24, 2.45) is 23.2 Å². The van der Waals surface area contributed by atoms with Gasteiger partial charge in [-0.25, -0.2) is 4.90 Å². The SMILES string of the molecule is C=CC(/C=C/C(CC/C=C/CC)C1CC(=O)N(C(C)=O)C1=O)CC(C)(C)CC. The van der Waals surface area contributed by atoms with Gasteiger partial charge in [-0.3, -0.25) is 14.4 Å². The Balaban J connectivity index is 3.00. The summed E-state index contributed by atoms with van der Waals surface area (Å²) in [6, 6.07) is 0. The zero-order valence-electron chi connectivity index (χ0n) is 18.2. The van der Waals surface area contributed by atoms with Gasteiger partial charge < -0.3 is 0 Å².